The van der Waals surface area contributed by atoms with Gasteiger partial charge >= 0.3 is 6.03 Å². The number of carbonyl (C=O) groups is 1. The first-order chi connectivity index (χ1) is 15.2. The standard InChI is InChI=1S/C22H25N7O2/c1-13-12-31-11-10-28(13)21-26-18(15-4-7-23-19-16(15)5-8-24-19)17-6-9-29(20(17)27-21)22(30)25-14-2-3-14/h4-5,7-8,13-14H,2-3,6,9-12H2,1H3,(H,23,24)(H,25,30)/t13-/m1/s1. The van der Waals surface area contributed by atoms with Crippen LogP contribution in [0.1, 0.15) is 25.3 Å². The van der Waals surface area contributed by atoms with Crippen LogP contribution in [0, 0.1) is 0 Å². The minimum absolute atomic E-state index is 0.0617. The molecule has 0 spiro atoms. The highest BCUT2D eigenvalue weighted by atomic mass is 16.5. The van der Waals surface area contributed by atoms with Crippen LogP contribution < -0.4 is 15.1 Å². The fourth-order valence-electron chi connectivity index (χ4n) is 4.46. The Labute approximate surface area is 179 Å². The smallest absolute Gasteiger partial charge is 0.323 e. The third-order valence-electron chi connectivity index (χ3n) is 6.30. The largest absolute Gasteiger partial charge is 0.377 e. The zero-order valence-corrected chi connectivity index (χ0v) is 17.5. The Hall–Kier alpha value is -3.20. The van der Waals surface area contributed by atoms with Crippen LogP contribution in [0.25, 0.3) is 22.3 Å². The van der Waals surface area contributed by atoms with Gasteiger partial charge in [-0.3, -0.25) is 4.90 Å². The molecule has 9 heteroatoms. The monoisotopic (exact) mass is 419 g/mol. The molecule has 2 fully saturated rings. The molecular formula is C22H25N7O2. The molecule has 2 N–H and O–H groups in total. The number of fused-ring (bicyclic) bond motifs is 2. The number of morpholine rings is 1. The number of urea groups is 1. The molecule has 3 aliphatic rings. The van der Waals surface area contributed by atoms with E-state index in [0.29, 0.717) is 31.7 Å². The molecule has 2 amide bonds. The van der Waals surface area contributed by atoms with Crippen LogP contribution in [0.15, 0.2) is 24.5 Å². The summed E-state index contributed by atoms with van der Waals surface area (Å²) in [5.41, 5.74) is 3.74. The maximum absolute atomic E-state index is 12.9. The topological polar surface area (TPSA) is 99.3 Å². The van der Waals surface area contributed by atoms with Gasteiger partial charge in [0, 0.05) is 48.0 Å². The molecule has 31 heavy (non-hydrogen) atoms. The molecule has 0 radical (unpaired) electrons. The molecule has 3 aromatic rings. The summed E-state index contributed by atoms with van der Waals surface area (Å²) in [4.78, 5) is 34.5. The number of aromatic nitrogens is 4. The lowest BCUT2D eigenvalue weighted by atomic mass is 10.0. The number of rotatable bonds is 3. The number of anilines is 2. The third-order valence-corrected chi connectivity index (χ3v) is 6.30. The number of hydrogen-bond donors (Lipinski definition) is 2. The van der Waals surface area contributed by atoms with E-state index in [1.165, 1.54) is 0 Å². The van der Waals surface area contributed by atoms with E-state index in [1.54, 1.807) is 11.1 Å². The maximum Gasteiger partial charge on any atom is 0.323 e. The number of amides is 2. The second-order valence-electron chi connectivity index (χ2n) is 8.52. The van der Waals surface area contributed by atoms with Gasteiger partial charge in [-0.1, -0.05) is 0 Å². The molecule has 1 aliphatic carbocycles. The van der Waals surface area contributed by atoms with Crippen molar-refractivity contribution in [3.8, 4) is 11.3 Å². The summed E-state index contributed by atoms with van der Waals surface area (Å²) in [6.07, 6.45) is 6.53. The lowest BCUT2D eigenvalue weighted by molar-refractivity contribution is 0.0981. The van der Waals surface area contributed by atoms with Crippen LogP contribution >= 0.6 is 0 Å². The molecule has 3 aromatic heterocycles. The first-order valence-electron chi connectivity index (χ1n) is 10.9. The molecule has 6 rings (SSSR count). The molecule has 0 bridgehead atoms. The minimum Gasteiger partial charge on any atom is -0.377 e. The Morgan fingerprint density at radius 1 is 1.26 bits per heavy atom. The van der Waals surface area contributed by atoms with Gasteiger partial charge in [0.2, 0.25) is 5.95 Å². The summed E-state index contributed by atoms with van der Waals surface area (Å²) >= 11 is 0. The highest BCUT2D eigenvalue weighted by Crippen LogP contribution is 2.38. The van der Waals surface area contributed by atoms with Crippen molar-refractivity contribution in [1.29, 1.82) is 0 Å². The molecular weight excluding hydrogens is 394 g/mol. The van der Waals surface area contributed by atoms with E-state index in [2.05, 4.69) is 27.1 Å². The van der Waals surface area contributed by atoms with Crippen molar-refractivity contribution in [2.24, 2.45) is 0 Å². The predicted molar refractivity (Wildman–Crippen MR) is 117 cm³/mol. The van der Waals surface area contributed by atoms with Gasteiger partial charge in [-0.25, -0.2) is 14.8 Å². The van der Waals surface area contributed by atoms with E-state index < -0.39 is 0 Å². The van der Waals surface area contributed by atoms with Crippen molar-refractivity contribution in [2.45, 2.75) is 38.3 Å². The van der Waals surface area contributed by atoms with Gasteiger partial charge in [0.15, 0.2) is 0 Å². The van der Waals surface area contributed by atoms with E-state index in [-0.39, 0.29) is 12.1 Å². The Morgan fingerprint density at radius 2 is 2.16 bits per heavy atom. The molecule has 1 atom stereocenters. The van der Waals surface area contributed by atoms with Crippen LogP contribution in [0.2, 0.25) is 0 Å². The number of aromatic amines is 1. The zero-order valence-electron chi connectivity index (χ0n) is 17.5. The highest BCUT2D eigenvalue weighted by Gasteiger charge is 2.35. The Balaban J connectivity index is 1.50. The number of pyridine rings is 1. The van der Waals surface area contributed by atoms with E-state index in [1.807, 2.05) is 18.3 Å². The summed E-state index contributed by atoms with van der Waals surface area (Å²) in [5.74, 6) is 1.37. The van der Waals surface area contributed by atoms with Crippen molar-refractivity contribution >= 4 is 28.8 Å². The fraction of sp³-hybridized carbons (Fsp3) is 0.455. The van der Waals surface area contributed by atoms with Crippen LogP contribution in [0.4, 0.5) is 16.6 Å². The highest BCUT2D eigenvalue weighted by molar-refractivity contribution is 5.98. The molecule has 0 unspecified atom stereocenters. The van der Waals surface area contributed by atoms with Gasteiger partial charge < -0.3 is 19.9 Å². The van der Waals surface area contributed by atoms with Crippen LogP contribution in [0.5, 0.6) is 0 Å². The van der Waals surface area contributed by atoms with Gasteiger partial charge in [-0.2, -0.15) is 4.98 Å². The lowest BCUT2D eigenvalue weighted by Crippen LogP contribution is -2.45. The van der Waals surface area contributed by atoms with Crippen LogP contribution in [-0.4, -0.2) is 64.4 Å². The van der Waals surface area contributed by atoms with E-state index >= 15 is 0 Å². The first-order valence-corrected chi connectivity index (χ1v) is 10.9. The number of nitrogens with one attached hydrogen (secondary N) is 2. The Morgan fingerprint density at radius 3 is 3.00 bits per heavy atom. The fourth-order valence-corrected chi connectivity index (χ4v) is 4.46. The quantitative estimate of drug-likeness (QED) is 0.677. The first kappa shape index (κ1) is 18.6. The zero-order chi connectivity index (χ0) is 20.9. The average Bonchev–Trinajstić information content (AvgIpc) is 3.29. The van der Waals surface area contributed by atoms with Crippen molar-refractivity contribution in [3.05, 3.63) is 30.1 Å². The summed E-state index contributed by atoms with van der Waals surface area (Å²) in [7, 11) is 0. The maximum atomic E-state index is 12.9. The molecule has 5 heterocycles. The van der Waals surface area contributed by atoms with Gasteiger partial charge in [-0.15, -0.1) is 0 Å². The molecule has 9 nitrogen and oxygen atoms in total. The molecule has 160 valence electrons. The second-order valence-corrected chi connectivity index (χ2v) is 8.52. The van der Waals surface area contributed by atoms with Gasteiger partial charge in [-0.05, 0) is 38.3 Å². The third kappa shape index (κ3) is 3.20. The molecule has 2 aliphatic heterocycles. The van der Waals surface area contributed by atoms with E-state index in [9.17, 15) is 4.79 Å². The molecule has 1 saturated carbocycles. The number of H-pyrrole nitrogens is 1. The second kappa shape index (κ2) is 7.19. The number of hydrogen-bond acceptors (Lipinski definition) is 6. The van der Waals surface area contributed by atoms with Crippen molar-refractivity contribution < 1.29 is 9.53 Å². The average molecular weight is 419 g/mol. The van der Waals surface area contributed by atoms with E-state index in [4.69, 9.17) is 14.7 Å². The van der Waals surface area contributed by atoms with E-state index in [0.717, 1.165) is 59.5 Å². The van der Waals surface area contributed by atoms with Crippen molar-refractivity contribution in [3.63, 3.8) is 0 Å². The van der Waals surface area contributed by atoms with Gasteiger partial charge in [0.05, 0.1) is 24.9 Å². The predicted octanol–water partition coefficient (Wildman–Crippen LogP) is 2.48. The summed E-state index contributed by atoms with van der Waals surface area (Å²) in [6.45, 7) is 4.73. The van der Waals surface area contributed by atoms with Gasteiger partial charge in [0.25, 0.3) is 0 Å². The summed E-state index contributed by atoms with van der Waals surface area (Å²) in [6, 6.07) is 4.43. The van der Waals surface area contributed by atoms with Crippen molar-refractivity contribution in [2.75, 3.05) is 36.1 Å². The SMILES string of the molecule is C[C@@H]1COCCN1c1nc(-c2ccnc3[nH]ccc23)c2c(n1)N(C(=O)NC1CC1)CC2. The number of ether oxygens (including phenoxy) is 1. The Kier molecular flexibility index (Phi) is 4.31. The van der Waals surface area contributed by atoms with Crippen molar-refractivity contribution in [1.82, 2.24) is 25.3 Å². The van der Waals surface area contributed by atoms with Crippen LogP contribution in [-0.2, 0) is 11.2 Å². The molecule has 0 aromatic carbocycles. The summed E-state index contributed by atoms with van der Waals surface area (Å²) in [5, 5.41) is 4.13. The summed E-state index contributed by atoms with van der Waals surface area (Å²) < 4.78 is 5.61. The van der Waals surface area contributed by atoms with Crippen LogP contribution in [0.3, 0.4) is 0 Å². The lowest BCUT2D eigenvalue weighted by Gasteiger charge is -2.34. The molecule has 1 saturated heterocycles. The van der Waals surface area contributed by atoms with Gasteiger partial charge in [0.1, 0.15) is 11.5 Å². The number of carbonyl (C=O) groups excluding carboxylic acids is 1. The minimum atomic E-state index is -0.0617. The number of nitrogens with zero attached hydrogens (tertiary/aromatic N) is 5. The normalized spacial score (nSPS) is 20.9. The Bertz CT molecular complexity index is 1160.